The van der Waals surface area contributed by atoms with Crippen molar-refractivity contribution >= 4 is 21.8 Å². The molecule has 28 heavy (non-hydrogen) atoms. The van der Waals surface area contributed by atoms with Gasteiger partial charge in [0, 0.05) is 25.3 Å². The highest BCUT2D eigenvalue weighted by molar-refractivity contribution is 7.86. The standard InChI is InChI=1S/C20H24FN3O3S/c1-2-16-6-10-19(11-7-16)22-20(25)15-24-13-3-12-23(28(24,26)27)14-17-4-8-18(21)9-5-17/h4-11H,2-3,12-15H2,1H3,(H,22,25). The Kier molecular flexibility index (Phi) is 6.43. The highest BCUT2D eigenvalue weighted by Crippen LogP contribution is 2.20. The van der Waals surface area contributed by atoms with Crippen molar-refractivity contribution in [3.63, 3.8) is 0 Å². The molecule has 8 heteroatoms. The third-order valence-corrected chi connectivity index (χ3v) is 6.63. The van der Waals surface area contributed by atoms with Gasteiger partial charge < -0.3 is 5.32 Å². The number of amides is 1. The first kappa shape index (κ1) is 20.4. The number of rotatable bonds is 6. The number of anilines is 1. The number of hydrogen-bond donors (Lipinski definition) is 1. The summed E-state index contributed by atoms with van der Waals surface area (Å²) in [6.07, 6.45) is 1.53. The second kappa shape index (κ2) is 8.81. The van der Waals surface area contributed by atoms with Gasteiger partial charge in [-0.3, -0.25) is 4.79 Å². The molecule has 1 aliphatic rings. The van der Waals surface area contributed by atoms with Crippen molar-refractivity contribution in [3.05, 3.63) is 65.5 Å². The summed E-state index contributed by atoms with van der Waals surface area (Å²) >= 11 is 0. The number of hydrogen-bond acceptors (Lipinski definition) is 3. The van der Waals surface area contributed by atoms with Crippen LogP contribution < -0.4 is 5.32 Å². The molecule has 0 saturated carbocycles. The molecular weight excluding hydrogens is 381 g/mol. The molecule has 150 valence electrons. The maximum atomic E-state index is 13.1. The van der Waals surface area contributed by atoms with Crippen molar-refractivity contribution in [3.8, 4) is 0 Å². The Balaban J connectivity index is 1.64. The Morgan fingerprint density at radius 2 is 1.61 bits per heavy atom. The van der Waals surface area contributed by atoms with E-state index in [4.69, 9.17) is 0 Å². The van der Waals surface area contributed by atoms with Crippen LogP contribution in [0.25, 0.3) is 0 Å². The number of nitrogens with one attached hydrogen (secondary N) is 1. The summed E-state index contributed by atoms with van der Waals surface area (Å²) in [5.41, 5.74) is 2.50. The van der Waals surface area contributed by atoms with Crippen LogP contribution in [0.15, 0.2) is 48.5 Å². The van der Waals surface area contributed by atoms with Gasteiger partial charge in [0.1, 0.15) is 5.82 Å². The maximum Gasteiger partial charge on any atom is 0.282 e. The molecule has 0 aromatic heterocycles. The number of aryl methyl sites for hydroxylation is 1. The fourth-order valence-electron chi connectivity index (χ4n) is 3.12. The van der Waals surface area contributed by atoms with Crippen LogP contribution in [0.3, 0.4) is 0 Å². The SMILES string of the molecule is CCc1ccc(NC(=O)CN2CCCN(Cc3ccc(F)cc3)S2(=O)=O)cc1. The zero-order valence-corrected chi connectivity index (χ0v) is 16.6. The number of halogens is 1. The van der Waals surface area contributed by atoms with E-state index in [1.165, 1.54) is 20.7 Å². The topological polar surface area (TPSA) is 69.7 Å². The minimum atomic E-state index is -3.76. The lowest BCUT2D eigenvalue weighted by Crippen LogP contribution is -2.51. The number of carbonyl (C=O) groups is 1. The minimum Gasteiger partial charge on any atom is -0.325 e. The van der Waals surface area contributed by atoms with E-state index in [0.29, 0.717) is 30.8 Å². The molecule has 1 saturated heterocycles. The summed E-state index contributed by atoms with van der Waals surface area (Å²) in [6, 6.07) is 13.2. The second-order valence-corrected chi connectivity index (χ2v) is 8.68. The van der Waals surface area contributed by atoms with Gasteiger partial charge in [-0.25, -0.2) is 4.39 Å². The van der Waals surface area contributed by atoms with Crippen LogP contribution in [0.4, 0.5) is 10.1 Å². The molecular formula is C20H24FN3O3S. The molecule has 0 radical (unpaired) electrons. The van der Waals surface area contributed by atoms with Gasteiger partial charge in [0.2, 0.25) is 5.91 Å². The Morgan fingerprint density at radius 1 is 1.00 bits per heavy atom. The van der Waals surface area contributed by atoms with Gasteiger partial charge in [-0.1, -0.05) is 31.2 Å². The maximum absolute atomic E-state index is 13.1. The Labute approximate surface area is 165 Å². The summed E-state index contributed by atoms with van der Waals surface area (Å²) < 4.78 is 41.3. The smallest absolute Gasteiger partial charge is 0.282 e. The largest absolute Gasteiger partial charge is 0.325 e. The average Bonchev–Trinajstić information content (AvgIpc) is 2.67. The van der Waals surface area contributed by atoms with Gasteiger partial charge in [0.25, 0.3) is 10.2 Å². The van der Waals surface area contributed by atoms with E-state index in [-0.39, 0.29) is 24.8 Å². The summed E-state index contributed by atoms with van der Waals surface area (Å²) in [5, 5.41) is 2.74. The Hall–Kier alpha value is -2.29. The first-order valence-electron chi connectivity index (χ1n) is 9.27. The van der Waals surface area contributed by atoms with Gasteiger partial charge in [0.15, 0.2) is 0 Å². The van der Waals surface area contributed by atoms with Crippen molar-refractivity contribution in [1.29, 1.82) is 0 Å². The fraction of sp³-hybridized carbons (Fsp3) is 0.350. The van der Waals surface area contributed by atoms with Crippen LogP contribution in [0.1, 0.15) is 24.5 Å². The molecule has 1 fully saturated rings. The molecule has 6 nitrogen and oxygen atoms in total. The van der Waals surface area contributed by atoms with E-state index in [2.05, 4.69) is 5.32 Å². The molecule has 1 amide bonds. The van der Waals surface area contributed by atoms with E-state index in [1.807, 2.05) is 31.2 Å². The van der Waals surface area contributed by atoms with Gasteiger partial charge in [-0.05, 0) is 48.2 Å². The van der Waals surface area contributed by atoms with E-state index in [9.17, 15) is 17.6 Å². The molecule has 1 heterocycles. The van der Waals surface area contributed by atoms with Gasteiger partial charge in [0.05, 0.1) is 6.54 Å². The van der Waals surface area contributed by atoms with Crippen LogP contribution in [0.2, 0.25) is 0 Å². The number of benzene rings is 2. The van der Waals surface area contributed by atoms with E-state index < -0.39 is 10.2 Å². The van der Waals surface area contributed by atoms with Crippen molar-refractivity contribution in [1.82, 2.24) is 8.61 Å². The fourth-order valence-corrected chi connectivity index (χ4v) is 4.76. The first-order chi connectivity index (χ1) is 13.4. The normalized spacial score (nSPS) is 17.4. The van der Waals surface area contributed by atoms with Crippen LogP contribution >= 0.6 is 0 Å². The zero-order chi connectivity index (χ0) is 20.1. The molecule has 3 rings (SSSR count). The predicted octanol–water partition coefficient (Wildman–Crippen LogP) is 2.78. The molecule has 1 N–H and O–H groups in total. The van der Waals surface area contributed by atoms with Crippen molar-refractivity contribution in [2.45, 2.75) is 26.3 Å². The van der Waals surface area contributed by atoms with Gasteiger partial charge >= 0.3 is 0 Å². The Bertz CT molecular complexity index is 915. The third-order valence-electron chi connectivity index (χ3n) is 4.71. The van der Waals surface area contributed by atoms with Gasteiger partial charge in [-0.15, -0.1) is 0 Å². The minimum absolute atomic E-state index is 0.152. The van der Waals surface area contributed by atoms with E-state index in [1.54, 1.807) is 12.1 Å². The van der Waals surface area contributed by atoms with Crippen LogP contribution in [0.5, 0.6) is 0 Å². The molecule has 0 unspecified atom stereocenters. The molecule has 0 spiro atoms. The average molecular weight is 405 g/mol. The van der Waals surface area contributed by atoms with E-state index >= 15 is 0 Å². The van der Waals surface area contributed by atoms with E-state index in [0.717, 1.165) is 12.0 Å². The quantitative estimate of drug-likeness (QED) is 0.804. The Morgan fingerprint density at radius 3 is 2.25 bits per heavy atom. The summed E-state index contributed by atoms with van der Waals surface area (Å²) in [7, 11) is -3.76. The van der Waals surface area contributed by atoms with Crippen molar-refractivity contribution < 1.29 is 17.6 Å². The summed E-state index contributed by atoms with van der Waals surface area (Å²) in [5.74, 6) is -0.744. The molecule has 0 aliphatic carbocycles. The lowest BCUT2D eigenvalue weighted by atomic mass is 10.1. The van der Waals surface area contributed by atoms with Crippen molar-refractivity contribution in [2.24, 2.45) is 0 Å². The monoisotopic (exact) mass is 405 g/mol. The molecule has 1 aliphatic heterocycles. The molecule has 0 bridgehead atoms. The predicted molar refractivity (Wildman–Crippen MR) is 106 cm³/mol. The summed E-state index contributed by atoms with van der Waals surface area (Å²) in [6.45, 7) is 2.63. The first-order valence-corrected chi connectivity index (χ1v) is 10.7. The number of nitrogens with zero attached hydrogens (tertiary/aromatic N) is 2. The lowest BCUT2D eigenvalue weighted by molar-refractivity contribution is -0.116. The van der Waals surface area contributed by atoms with Crippen LogP contribution in [-0.2, 0) is 28.0 Å². The lowest BCUT2D eigenvalue weighted by Gasteiger charge is -2.34. The molecule has 0 atom stereocenters. The zero-order valence-electron chi connectivity index (χ0n) is 15.8. The molecule has 2 aromatic carbocycles. The van der Waals surface area contributed by atoms with Crippen LogP contribution in [-0.4, -0.2) is 42.6 Å². The summed E-state index contributed by atoms with van der Waals surface area (Å²) in [4.78, 5) is 12.3. The highest BCUT2D eigenvalue weighted by Gasteiger charge is 2.34. The highest BCUT2D eigenvalue weighted by atomic mass is 32.2. The van der Waals surface area contributed by atoms with Gasteiger partial charge in [-0.2, -0.15) is 17.0 Å². The van der Waals surface area contributed by atoms with Crippen molar-refractivity contribution in [2.75, 3.05) is 25.0 Å². The third kappa shape index (κ3) is 4.95. The second-order valence-electron chi connectivity index (χ2n) is 6.75. The van der Waals surface area contributed by atoms with Crippen LogP contribution in [0, 0.1) is 5.82 Å². The molecule has 2 aromatic rings. The number of carbonyl (C=O) groups excluding carboxylic acids is 1.